The van der Waals surface area contributed by atoms with Gasteiger partial charge in [0.2, 0.25) is 0 Å². The van der Waals surface area contributed by atoms with Crippen LogP contribution in [0, 0.1) is 0 Å². The second kappa shape index (κ2) is 6.17. The molecule has 5 nitrogen and oxygen atoms in total. The van der Waals surface area contributed by atoms with Gasteiger partial charge in [-0.2, -0.15) is 5.10 Å². The summed E-state index contributed by atoms with van der Waals surface area (Å²) >= 11 is 12.1. The number of aromatic nitrogens is 2. The van der Waals surface area contributed by atoms with Crippen molar-refractivity contribution in [2.75, 3.05) is 12.0 Å². The molecule has 112 valence electrons. The first-order chi connectivity index (χ1) is 9.81. The van der Waals surface area contributed by atoms with Crippen LogP contribution in [-0.4, -0.2) is 36.5 Å². The van der Waals surface area contributed by atoms with Crippen LogP contribution >= 0.6 is 23.2 Å². The van der Waals surface area contributed by atoms with Gasteiger partial charge in [-0.1, -0.05) is 35.3 Å². The molecule has 0 fully saturated rings. The molecule has 0 radical (unpaired) electrons. The van der Waals surface area contributed by atoms with Gasteiger partial charge in [-0.15, -0.1) is 0 Å². The third-order valence-corrected chi connectivity index (χ3v) is 4.56. The first kappa shape index (κ1) is 16.0. The third-order valence-electron chi connectivity index (χ3n) is 2.81. The molecular weight excluding hydrogens is 335 g/mol. The predicted molar refractivity (Wildman–Crippen MR) is 82.8 cm³/mol. The summed E-state index contributed by atoms with van der Waals surface area (Å²) in [6.07, 6.45) is 3.28. The van der Waals surface area contributed by atoms with Crippen LogP contribution in [0.3, 0.4) is 0 Å². The average Bonchev–Trinajstić information content (AvgIpc) is 2.82. The summed E-state index contributed by atoms with van der Waals surface area (Å²) < 4.78 is 23.8. The van der Waals surface area contributed by atoms with Gasteiger partial charge in [-0.25, -0.2) is 8.42 Å². The lowest BCUT2D eigenvalue weighted by Gasteiger charge is -2.03. The van der Waals surface area contributed by atoms with Crippen LogP contribution in [0.4, 0.5) is 0 Å². The molecule has 21 heavy (non-hydrogen) atoms. The largest absolute Gasteiger partial charge is 0.298 e. The summed E-state index contributed by atoms with van der Waals surface area (Å²) in [4.78, 5) is 11.2. The van der Waals surface area contributed by atoms with Crippen LogP contribution < -0.4 is 0 Å². The van der Waals surface area contributed by atoms with E-state index in [9.17, 15) is 13.2 Å². The molecule has 8 heteroatoms. The minimum atomic E-state index is -3.11. The van der Waals surface area contributed by atoms with Gasteiger partial charge < -0.3 is 0 Å². The number of rotatable bonds is 5. The lowest BCUT2D eigenvalue weighted by molar-refractivity contribution is 0.112. The van der Waals surface area contributed by atoms with E-state index in [1.807, 2.05) is 0 Å². The molecule has 0 atom stereocenters. The Morgan fingerprint density at radius 3 is 2.67 bits per heavy atom. The number of hydrogen-bond donors (Lipinski definition) is 0. The number of hydrogen-bond acceptors (Lipinski definition) is 4. The number of sulfone groups is 1. The number of aldehydes is 1. The maximum Gasteiger partial charge on any atom is 0.153 e. The SMILES string of the molecule is CS(=O)(=O)CCn1cc(C=O)c(-c2cccc(Cl)c2Cl)n1. The van der Waals surface area contributed by atoms with Gasteiger partial charge in [0, 0.05) is 18.0 Å². The second-order valence-corrected chi connectivity index (χ2v) is 7.59. The number of benzene rings is 1. The topological polar surface area (TPSA) is 69.0 Å². The molecule has 2 rings (SSSR count). The van der Waals surface area contributed by atoms with Crippen molar-refractivity contribution in [1.29, 1.82) is 0 Å². The monoisotopic (exact) mass is 346 g/mol. The Balaban J connectivity index is 2.42. The number of carbonyl (C=O) groups is 1. The Kier molecular flexibility index (Phi) is 4.70. The van der Waals surface area contributed by atoms with Gasteiger partial charge in [0.15, 0.2) is 6.29 Å². The van der Waals surface area contributed by atoms with Gasteiger partial charge in [0.05, 0.1) is 27.9 Å². The highest BCUT2D eigenvalue weighted by molar-refractivity contribution is 7.90. The highest BCUT2D eigenvalue weighted by Crippen LogP contribution is 2.33. The van der Waals surface area contributed by atoms with Crippen molar-refractivity contribution in [2.45, 2.75) is 6.54 Å². The Hall–Kier alpha value is -1.37. The summed E-state index contributed by atoms with van der Waals surface area (Å²) in [5.74, 6) is -0.0598. The number of nitrogens with zero attached hydrogens (tertiary/aromatic N) is 2. The molecule has 0 spiro atoms. The average molecular weight is 347 g/mol. The van der Waals surface area contributed by atoms with E-state index in [2.05, 4.69) is 5.10 Å². The molecular formula is C13H12Cl2N2O3S. The Morgan fingerprint density at radius 1 is 1.33 bits per heavy atom. The number of aryl methyl sites for hydroxylation is 1. The van der Waals surface area contributed by atoms with E-state index in [1.165, 1.54) is 10.9 Å². The maximum atomic E-state index is 11.2. The van der Waals surface area contributed by atoms with Crippen LogP contribution in [-0.2, 0) is 16.4 Å². The zero-order chi connectivity index (χ0) is 15.6. The fourth-order valence-corrected chi connectivity index (χ4v) is 2.70. The molecule has 1 heterocycles. The van der Waals surface area contributed by atoms with Crippen molar-refractivity contribution in [3.63, 3.8) is 0 Å². The molecule has 0 aliphatic rings. The van der Waals surface area contributed by atoms with Crippen LogP contribution in [0.15, 0.2) is 24.4 Å². The van der Waals surface area contributed by atoms with E-state index in [0.717, 1.165) is 6.26 Å². The minimum absolute atomic E-state index is 0.0598. The fraction of sp³-hybridized carbons (Fsp3) is 0.231. The normalized spacial score (nSPS) is 11.6. The van der Waals surface area contributed by atoms with Gasteiger partial charge in [-0.3, -0.25) is 9.48 Å². The zero-order valence-electron chi connectivity index (χ0n) is 11.1. The van der Waals surface area contributed by atoms with E-state index in [0.29, 0.717) is 33.2 Å². The van der Waals surface area contributed by atoms with Gasteiger partial charge >= 0.3 is 0 Å². The van der Waals surface area contributed by atoms with E-state index < -0.39 is 9.84 Å². The lowest BCUT2D eigenvalue weighted by Crippen LogP contribution is -2.11. The molecule has 0 aliphatic carbocycles. The maximum absolute atomic E-state index is 11.2. The molecule has 0 bridgehead atoms. The highest BCUT2D eigenvalue weighted by atomic mass is 35.5. The Labute approximate surface area is 132 Å². The molecule has 0 unspecified atom stereocenters. The molecule has 0 N–H and O–H groups in total. The third kappa shape index (κ3) is 3.84. The Morgan fingerprint density at radius 2 is 2.05 bits per heavy atom. The molecule has 2 aromatic rings. The van der Waals surface area contributed by atoms with Crippen molar-refractivity contribution < 1.29 is 13.2 Å². The van der Waals surface area contributed by atoms with Gasteiger partial charge in [-0.05, 0) is 6.07 Å². The Bertz CT molecular complexity index is 785. The molecule has 0 amide bonds. The van der Waals surface area contributed by atoms with E-state index in [4.69, 9.17) is 23.2 Å². The van der Waals surface area contributed by atoms with E-state index >= 15 is 0 Å². The van der Waals surface area contributed by atoms with Crippen molar-refractivity contribution in [3.8, 4) is 11.3 Å². The van der Waals surface area contributed by atoms with Crippen LogP contribution in [0.5, 0.6) is 0 Å². The smallest absolute Gasteiger partial charge is 0.153 e. The predicted octanol–water partition coefficient (Wildman–Crippen LogP) is 2.71. The van der Waals surface area contributed by atoms with E-state index in [-0.39, 0.29) is 12.3 Å². The quantitative estimate of drug-likeness (QED) is 0.780. The highest BCUT2D eigenvalue weighted by Gasteiger charge is 2.15. The summed E-state index contributed by atoms with van der Waals surface area (Å²) in [5, 5.41) is 4.89. The molecule has 0 aliphatic heterocycles. The van der Waals surface area contributed by atoms with E-state index in [1.54, 1.807) is 18.2 Å². The molecule has 0 saturated carbocycles. The number of carbonyl (C=O) groups excluding carboxylic acids is 1. The summed E-state index contributed by atoms with van der Waals surface area (Å²) in [6.45, 7) is 0.165. The number of halogens is 2. The first-order valence-electron chi connectivity index (χ1n) is 5.96. The minimum Gasteiger partial charge on any atom is -0.298 e. The van der Waals surface area contributed by atoms with Crippen LogP contribution in [0.1, 0.15) is 10.4 Å². The van der Waals surface area contributed by atoms with Gasteiger partial charge in [0.1, 0.15) is 15.5 Å². The van der Waals surface area contributed by atoms with Crippen molar-refractivity contribution >= 4 is 39.3 Å². The standard InChI is InChI=1S/C13H12Cl2N2O3S/c1-21(19,20)6-5-17-7-9(8-18)13(16-17)10-3-2-4-11(14)12(10)15/h2-4,7-8H,5-6H2,1H3. The molecule has 1 aromatic carbocycles. The van der Waals surface area contributed by atoms with Crippen molar-refractivity contribution in [3.05, 3.63) is 40.0 Å². The summed E-state index contributed by atoms with van der Waals surface area (Å²) in [5.41, 5.74) is 1.24. The van der Waals surface area contributed by atoms with Crippen LogP contribution in [0.2, 0.25) is 10.0 Å². The zero-order valence-corrected chi connectivity index (χ0v) is 13.4. The lowest BCUT2D eigenvalue weighted by atomic mass is 10.1. The van der Waals surface area contributed by atoms with Crippen LogP contribution in [0.25, 0.3) is 11.3 Å². The second-order valence-electron chi connectivity index (χ2n) is 4.55. The summed E-state index contributed by atoms with van der Waals surface area (Å²) in [6, 6.07) is 5.03. The molecule has 0 saturated heterocycles. The van der Waals surface area contributed by atoms with Crippen molar-refractivity contribution in [2.24, 2.45) is 0 Å². The molecule has 1 aromatic heterocycles. The summed E-state index contributed by atoms with van der Waals surface area (Å²) in [7, 11) is -3.11. The van der Waals surface area contributed by atoms with Crippen molar-refractivity contribution in [1.82, 2.24) is 9.78 Å². The first-order valence-corrected chi connectivity index (χ1v) is 8.78. The van der Waals surface area contributed by atoms with Gasteiger partial charge in [0.25, 0.3) is 0 Å². The fourth-order valence-electron chi connectivity index (χ4n) is 1.79.